The number of carbonyl (C=O) groups excluding carboxylic acids is 1. The van der Waals surface area contributed by atoms with Crippen LogP contribution in [-0.2, 0) is 19.6 Å². The first-order valence-electron chi connectivity index (χ1n) is 9.37. The smallest absolute Gasteiger partial charge is 0.433 e. The summed E-state index contributed by atoms with van der Waals surface area (Å²) >= 11 is 0. The quantitative estimate of drug-likeness (QED) is 0.426. The Labute approximate surface area is 157 Å². The van der Waals surface area contributed by atoms with Gasteiger partial charge >= 0.3 is 21.5 Å². The molecule has 0 aliphatic heterocycles. The van der Waals surface area contributed by atoms with Crippen LogP contribution in [0.1, 0.15) is 39.0 Å². The van der Waals surface area contributed by atoms with Crippen molar-refractivity contribution in [1.29, 1.82) is 0 Å². The molecule has 1 N–H and O–H groups in total. The van der Waals surface area contributed by atoms with Crippen LogP contribution in [0.15, 0.2) is 11.6 Å². The van der Waals surface area contributed by atoms with E-state index in [4.69, 9.17) is 9.29 Å². The molecule has 6 atom stereocenters. The van der Waals surface area contributed by atoms with Crippen molar-refractivity contribution < 1.29 is 36.0 Å². The van der Waals surface area contributed by atoms with Gasteiger partial charge in [-0.15, -0.1) is 0 Å². The summed E-state index contributed by atoms with van der Waals surface area (Å²) in [5, 5.41) is -4.55. The van der Waals surface area contributed by atoms with E-state index in [-0.39, 0.29) is 12.0 Å². The Morgan fingerprint density at radius 1 is 1.30 bits per heavy atom. The topological polar surface area (TPSA) is 89.9 Å². The number of hydrogen-bond acceptors (Lipinski definition) is 5. The summed E-state index contributed by atoms with van der Waals surface area (Å²) in [6.45, 7) is 0.495. The molecule has 0 saturated heterocycles. The molecule has 4 saturated carbocycles. The monoisotopic (exact) mass is 406 g/mol. The molecular formula is C18H24F2O6S. The Kier molecular flexibility index (Phi) is 4.34. The van der Waals surface area contributed by atoms with E-state index in [2.05, 4.69) is 17.7 Å². The van der Waals surface area contributed by atoms with E-state index < -0.39 is 28.1 Å². The molecule has 9 heteroatoms. The van der Waals surface area contributed by atoms with Gasteiger partial charge in [0.15, 0.2) is 6.61 Å². The molecule has 6 nitrogen and oxygen atoms in total. The summed E-state index contributed by atoms with van der Waals surface area (Å²) in [4.78, 5) is 11.8. The lowest BCUT2D eigenvalue weighted by Crippen LogP contribution is -2.56. The van der Waals surface area contributed by atoms with Crippen LogP contribution >= 0.6 is 0 Å². The summed E-state index contributed by atoms with van der Waals surface area (Å²) in [5.74, 6) is 2.95. The fourth-order valence-corrected chi connectivity index (χ4v) is 6.41. The predicted octanol–water partition coefficient (Wildman–Crippen LogP) is 3.64. The summed E-state index contributed by atoms with van der Waals surface area (Å²) in [5.41, 5.74) is 1.11. The molecule has 0 heterocycles. The van der Waals surface area contributed by atoms with E-state index >= 15 is 0 Å². The number of carbonyl (C=O) groups is 1. The van der Waals surface area contributed by atoms with Crippen molar-refractivity contribution in [1.82, 2.24) is 0 Å². The third kappa shape index (κ3) is 3.16. The summed E-state index contributed by atoms with van der Waals surface area (Å²) in [6.07, 6.45) is 6.45. The van der Waals surface area contributed by atoms with E-state index in [1.165, 1.54) is 24.8 Å². The highest BCUT2D eigenvalue weighted by molar-refractivity contribution is 7.86. The minimum absolute atomic E-state index is 0.0675. The van der Waals surface area contributed by atoms with Gasteiger partial charge in [0.2, 0.25) is 0 Å². The fraction of sp³-hybridized carbons (Fsp3) is 0.833. The lowest BCUT2D eigenvalue weighted by molar-refractivity contribution is -0.0903. The molecule has 0 amide bonds. The molecule has 5 aliphatic rings. The van der Waals surface area contributed by atoms with Crippen LogP contribution in [0, 0.1) is 35.0 Å². The molecule has 0 aromatic rings. The number of allylic oxidation sites excluding steroid dienone is 1. The third-order valence-electron chi connectivity index (χ3n) is 7.00. The van der Waals surface area contributed by atoms with E-state index in [1.54, 1.807) is 0 Å². The Bertz CT molecular complexity index is 779. The standard InChI is InChI=1S/C18H24F2O6S/c1-10-2-13-12-4-11-5-14(13)15(3-10)17(6-11,7-12)8-25-16(21)26-9-18(19,20)27(22,23)24/h3,10-14H,2,4-9H2,1H3,(H,22,23,24). The highest BCUT2D eigenvalue weighted by Gasteiger charge is 2.59. The highest BCUT2D eigenvalue weighted by Crippen LogP contribution is 2.67. The molecular weight excluding hydrogens is 382 g/mol. The molecule has 0 aromatic carbocycles. The average Bonchev–Trinajstić information content (AvgIpc) is 2.56. The van der Waals surface area contributed by atoms with Gasteiger partial charge in [-0.2, -0.15) is 17.2 Å². The Hall–Kier alpha value is -1.22. The average molecular weight is 406 g/mol. The largest absolute Gasteiger partial charge is 0.508 e. The molecule has 0 radical (unpaired) electrons. The van der Waals surface area contributed by atoms with Gasteiger partial charge in [-0.25, -0.2) is 4.79 Å². The van der Waals surface area contributed by atoms with Crippen LogP contribution in [0.4, 0.5) is 13.6 Å². The van der Waals surface area contributed by atoms with Crippen molar-refractivity contribution in [3.63, 3.8) is 0 Å². The zero-order chi connectivity index (χ0) is 19.6. The molecule has 4 fully saturated rings. The van der Waals surface area contributed by atoms with E-state index in [9.17, 15) is 22.0 Å². The van der Waals surface area contributed by atoms with E-state index in [1.807, 2.05) is 0 Å². The van der Waals surface area contributed by atoms with Crippen molar-refractivity contribution in [2.75, 3.05) is 13.2 Å². The van der Waals surface area contributed by atoms with E-state index in [0.717, 1.165) is 12.8 Å². The number of rotatable bonds is 5. The van der Waals surface area contributed by atoms with Crippen LogP contribution in [-0.4, -0.2) is 37.6 Å². The maximum atomic E-state index is 13.2. The summed E-state index contributed by atoms with van der Waals surface area (Å²) in [6, 6.07) is 0. The highest BCUT2D eigenvalue weighted by atomic mass is 32.2. The van der Waals surface area contributed by atoms with Crippen LogP contribution in [0.25, 0.3) is 0 Å². The summed E-state index contributed by atoms with van der Waals surface area (Å²) in [7, 11) is -5.64. The van der Waals surface area contributed by atoms with Crippen molar-refractivity contribution in [3.05, 3.63) is 11.6 Å². The third-order valence-corrected chi connectivity index (χ3v) is 7.87. The maximum absolute atomic E-state index is 13.2. The Morgan fingerprint density at radius 2 is 2.04 bits per heavy atom. The normalized spacial score (nSPS) is 39.9. The van der Waals surface area contributed by atoms with Gasteiger partial charge in [-0.05, 0) is 61.7 Å². The molecule has 6 bridgehead atoms. The first-order chi connectivity index (χ1) is 12.5. The lowest BCUT2D eigenvalue weighted by Gasteiger charge is -2.63. The molecule has 0 spiro atoms. The molecule has 152 valence electrons. The SMILES string of the molecule is CC1C=C2C3CC4CC(CC2(COC(=O)OCC(F)(F)S(=O)(=O)O)C4)C3C1. The zero-order valence-corrected chi connectivity index (χ0v) is 15.9. The van der Waals surface area contributed by atoms with Gasteiger partial charge in [0, 0.05) is 5.41 Å². The van der Waals surface area contributed by atoms with Gasteiger partial charge in [-0.3, -0.25) is 4.55 Å². The zero-order valence-electron chi connectivity index (χ0n) is 15.1. The number of ether oxygens (including phenoxy) is 2. The number of hydrogen-bond donors (Lipinski definition) is 1. The van der Waals surface area contributed by atoms with Crippen molar-refractivity contribution >= 4 is 16.3 Å². The van der Waals surface area contributed by atoms with Gasteiger partial charge in [0.05, 0.1) is 0 Å². The van der Waals surface area contributed by atoms with E-state index in [0.29, 0.717) is 29.6 Å². The fourth-order valence-electron chi connectivity index (χ4n) is 6.21. The molecule has 5 rings (SSSR count). The molecule has 27 heavy (non-hydrogen) atoms. The second-order valence-electron chi connectivity index (χ2n) is 8.83. The Balaban J connectivity index is 1.43. The van der Waals surface area contributed by atoms with Crippen LogP contribution in [0.5, 0.6) is 0 Å². The van der Waals surface area contributed by atoms with Crippen molar-refractivity contribution in [2.45, 2.75) is 44.3 Å². The Morgan fingerprint density at radius 3 is 2.74 bits per heavy atom. The maximum Gasteiger partial charge on any atom is 0.508 e. The molecule has 6 unspecified atom stereocenters. The van der Waals surface area contributed by atoms with Crippen molar-refractivity contribution in [2.24, 2.45) is 35.0 Å². The lowest BCUT2D eigenvalue weighted by atomic mass is 9.42. The minimum atomic E-state index is -5.64. The molecule has 5 aliphatic carbocycles. The molecule has 0 aromatic heterocycles. The van der Waals surface area contributed by atoms with Crippen LogP contribution in [0.2, 0.25) is 0 Å². The first-order valence-corrected chi connectivity index (χ1v) is 10.8. The second kappa shape index (κ2) is 6.14. The summed E-state index contributed by atoms with van der Waals surface area (Å²) < 4.78 is 65.3. The van der Waals surface area contributed by atoms with Crippen LogP contribution < -0.4 is 0 Å². The first kappa shape index (κ1) is 19.1. The van der Waals surface area contributed by atoms with Crippen LogP contribution in [0.3, 0.4) is 0 Å². The van der Waals surface area contributed by atoms with Gasteiger partial charge in [-0.1, -0.05) is 18.6 Å². The van der Waals surface area contributed by atoms with Gasteiger partial charge in [0.25, 0.3) is 0 Å². The predicted molar refractivity (Wildman–Crippen MR) is 90.5 cm³/mol. The van der Waals surface area contributed by atoms with Gasteiger partial charge < -0.3 is 9.47 Å². The van der Waals surface area contributed by atoms with Gasteiger partial charge in [0.1, 0.15) is 6.61 Å². The minimum Gasteiger partial charge on any atom is -0.433 e. The number of halogens is 2. The second-order valence-corrected chi connectivity index (χ2v) is 10.4. The van der Waals surface area contributed by atoms with Crippen molar-refractivity contribution in [3.8, 4) is 0 Å². The number of alkyl halides is 2.